The second kappa shape index (κ2) is 3.24. The smallest absolute Gasteiger partial charge is 0.213 e. The highest BCUT2D eigenvalue weighted by Crippen LogP contribution is 2.26. The van der Waals surface area contributed by atoms with Crippen LogP contribution < -0.4 is 10.1 Å². The molecule has 0 radical (unpaired) electrons. The zero-order valence-electron chi connectivity index (χ0n) is 8.05. The van der Waals surface area contributed by atoms with Crippen LogP contribution >= 0.6 is 0 Å². The largest absolute Gasteiger partial charge is 0.481 e. The number of hydrogen-bond acceptors (Lipinski definition) is 3. The maximum absolute atomic E-state index is 5.12. The van der Waals surface area contributed by atoms with Crippen molar-refractivity contribution in [3.63, 3.8) is 0 Å². The molecule has 70 valence electrons. The predicted octanol–water partition coefficient (Wildman–Crippen LogP) is 1.76. The van der Waals surface area contributed by atoms with Gasteiger partial charge in [-0.2, -0.15) is 0 Å². The molecule has 0 saturated heterocycles. The molecule has 1 N–H and O–H groups in total. The van der Waals surface area contributed by atoms with Crippen LogP contribution in [0.5, 0.6) is 5.88 Å². The number of anilines is 1. The number of nitrogens with zero attached hydrogens (tertiary/aromatic N) is 1. The van der Waals surface area contributed by atoms with Crippen LogP contribution in [0.3, 0.4) is 0 Å². The van der Waals surface area contributed by atoms with Gasteiger partial charge in [-0.1, -0.05) is 0 Å². The number of hydrogen-bond donors (Lipinski definition) is 1. The third-order valence-corrected chi connectivity index (χ3v) is 2.37. The van der Waals surface area contributed by atoms with Gasteiger partial charge in [-0.15, -0.1) is 0 Å². The summed E-state index contributed by atoms with van der Waals surface area (Å²) in [5, 5.41) is 3.36. The van der Waals surface area contributed by atoms with Crippen molar-refractivity contribution in [1.82, 2.24) is 4.98 Å². The molecule has 3 heteroatoms. The van der Waals surface area contributed by atoms with Gasteiger partial charge < -0.3 is 10.1 Å². The van der Waals surface area contributed by atoms with Crippen LogP contribution in [0.4, 0.5) is 5.69 Å². The lowest BCUT2D eigenvalue weighted by atomic mass is 10.1. The lowest BCUT2D eigenvalue weighted by Crippen LogP contribution is -2.14. The normalized spacial score (nSPS) is 14.6. The number of pyridine rings is 1. The van der Waals surface area contributed by atoms with Crippen LogP contribution in [0.2, 0.25) is 0 Å². The lowest BCUT2D eigenvalue weighted by Gasteiger charge is -2.19. The van der Waals surface area contributed by atoms with E-state index >= 15 is 0 Å². The Balaban J connectivity index is 2.47. The van der Waals surface area contributed by atoms with Crippen LogP contribution in [-0.4, -0.2) is 18.6 Å². The maximum atomic E-state index is 5.12. The first-order valence-corrected chi connectivity index (χ1v) is 4.59. The van der Waals surface area contributed by atoms with Gasteiger partial charge in [0.25, 0.3) is 0 Å². The fraction of sp³-hybridized carbons (Fsp3) is 0.500. The molecule has 1 aromatic rings. The first kappa shape index (κ1) is 8.35. The molecule has 0 bridgehead atoms. The van der Waals surface area contributed by atoms with E-state index in [0.717, 1.165) is 31.0 Å². The minimum atomic E-state index is 0.722. The summed E-state index contributed by atoms with van der Waals surface area (Å²) in [6.07, 6.45) is 2.22. The number of ether oxygens (including phenoxy) is 1. The number of fused-ring (bicyclic) bond motifs is 1. The molecule has 0 aliphatic carbocycles. The zero-order chi connectivity index (χ0) is 9.26. The van der Waals surface area contributed by atoms with Gasteiger partial charge in [0.05, 0.1) is 18.5 Å². The Bertz CT molecular complexity index is 323. The molecular formula is C10H14N2O. The van der Waals surface area contributed by atoms with E-state index in [4.69, 9.17) is 4.74 Å². The van der Waals surface area contributed by atoms with Gasteiger partial charge in [0, 0.05) is 12.6 Å². The molecule has 1 aliphatic heterocycles. The molecular weight excluding hydrogens is 164 g/mol. The van der Waals surface area contributed by atoms with Crippen molar-refractivity contribution in [3.8, 4) is 5.88 Å². The van der Waals surface area contributed by atoms with Crippen molar-refractivity contribution in [2.75, 3.05) is 19.0 Å². The van der Waals surface area contributed by atoms with E-state index in [0.29, 0.717) is 0 Å². The average Bonchev–Trinajstić information content (AvgIpc) is 2.18. The molecule has 0 saturated carbocycles. The van der Waals surface area contributed by atoms with Crippen molar-refractivity contribution < 1.29 is 4.74 Å². The zero-order valence-corrected chi connectivity index (χ0v) is 8.05. The minimum absolute atomic E-state index is 0.722. The molecule has 1 aliphatic rings. The molecule has 0 unspecified atom stereocenters. The molecule has 2 heterocycles. The highest BCUT2D eigenvalue weighted by Gasteiger charge is 2.13. The van der Waals surface area contributed by atoms with Gasteiger partial charge >= 0.3 is 0 Å². The van der Waals surface area contributed by atoms with Gasteiger partial charge in [-0.3, -0.25) is 0 Å². The maximum Gasteiger partial charge on any atom is 0.213 e. The van der Waals surface area contributed by atoms with Crippen molar-refractivity contribution in [3.05, 3.63) is 17.3 Å². The highest BCUT2D eigenvalue weighted by molar-refractivity contribution is 5.57. The van der Waals surface area contributed by atoms with Crippen LogP contribution in [-0.2, 0) is 6.42 Å². The second-order valence-electron chi connectivity index (χ2n) is 3.33. The minimum Gasteiger partial charge on any atom is -0.481 e. The SMILES string of the molecule is COc1cc(C)c2c(n1)CCCN2. The Morgan fingerprint density at radius 1 is 1.54 bits per heavy atom. The third kappa shape index (κ3) is 1.46. The Labute approximate surface area is 78.1 Å². The summed E-state index contributed by atoms with van der Waals surface area (Å²) in [5.41, 5.74) is 3.57. The second-order valence-corrected chi connectivity index (χ2v) is 3.33. The first-order chi connectivity index (χ1) is 6.31. The Hall–Kier alpha value is -1.25. The van der Waals surface area contributed by atoms with E-state index in [1.807, 2.05) is 6.07 Å². The van der Waals surface area contributed by atoms with E-state index < -0.39 is 0 Å². The summed E-state index contributed by atoms with van der Waals surface area (Å²) >= 11 is 0. The van der Waals surface area contributed by atoms with Gasteiger partial charge in [-0.05, 0) is 25.3 Å². The van der Waals surface area contributed by atoms with E-state index in [-0.39, 0.29) is 0 Å². The quantitative estimate of drug-likeness (QED) is 0.711. The summed E-state index contributed by atoms with van der Waals surface area (Å²) in [7, 11) is 1.66. The fourth-order valence-corrected chi connectivity index (χ4v) is 1.70. The molecule has 0 fully saturated rings. The molecule has 0 spiro atoms. The molecule has 3 nitrogen and oxygen atoms in total. The van der Waals surface area contributed by atoms with Gasteiger partial charge in [0.1, 0.15) is 0 Å². The highest BCUT2D eigenvalue weighted by atomic mass is 16.5. The number of aryl methyl sites for hydroxylation is 2. The van der Waals surface area contributed by atoms with E-state index in [1.165, 1.54) is 11.3 Å². The Morgan fingerprint density at radius 3 is 3.15 bits per heavy atom. The monoisotopic (exact) mass is 178 g/mol. The Kier molecular flexibility index (Phi) is 2.08. The molecule has 0 aromatic carbocycles. The van der Waals surface area contributed by atoms with E-state index in [2.05, 4.69) is 17.2 Å². The number of rotatable bonds is 1. The Morgan fingerprint density at radius 2 is 2.38 bits per heavy atom. The van der Waals surface area contributed by atoms with Gasteiger partial charge in [-0.25, -0.2) is 4.98 Å². The summed E-state index contributed by atoms with van der Waals surface area (Å²) in [5.74, 6) is 0.722. The van der Waals surface area contributed by atoms with Crippen molar-refractivity contribution in [1.29, 1.82) is 0 Å². The van der Waals surface area contributed by atoms with Crippen molar-refractivity contribution in [2.45, 2.75) is 19.8 Å². The number of methoxy groups -OCH3 is 1. The molecule has 2 rings (SSSR count). The van der Waals surface area contributed by atoms with E-state index in [1.54, 1.807) is 7.11 Å². The van der Waals surface area contributed by atoms with Gasteiger partial charge in [0.2, 0.25) is 5.88 Å². The summed E-state index contributed by atoms with van der Waals surface area (Å²) in [6, 6.07) is 1.97. The van der Waals surface area contributed by atoms with Crippen LogP contribution in [0.15, 0.2) is 6.07 Å². The van der Waals surface area contributed by atoms with Crippen LogP contribution in [0.1, 0.15) is 17.7 Å². The molecule has 0 amide bonds. The molecule has 0 atom stereocenters. The summed E-state index contributed by atoms with van der Waals surface area (Å²) in [4.78, 5) is 4.41. The van der Waals surface area contributed by atoms with E-state index in [9.17, 15) is 0 Å². The van der Waals surface area contributed by atoms with Crippen molar-refractivity contribution >= 4 is 5.69 Å². The van der Waals surface area contributed by atoms with Crippen LogP contribution in [0, 0.1) is 6.92 Å². The van der Waals surface area contributed by atoms with Crippen molar-refractivity contribution in [2.24, 2.45) is 0 Å². The van der Waals surface area contributed by atoms with Gasteiger partial charge in [0.15, 0.2) is 0 Å². The van der Waals surface area contributed by atoms with Crippen LogP contribution in [0.25, 0.3) is 0 Å². The number of aromatic nitrogens is 1. The topological polar surface area (TPSA) is 34.1 Å². The number of nitrogens with one attached hydrogen (secondary N) is 1. The summed E-state index contributed by atoms with van der Waals surface area (Å²) in [6.45, 7) is 3.14. The average molecular weight is 178 g/mol. The first-order valence-electron chi connectivity index (χ1n) is 4.59. The molecule has 1 aromatic heterocycles. The summed E-state index contributed by atoms with van der Waals surface area (Å²) < 4.78 is 5.12. The predicted molar refractivity (Wildman–Crippen MR) is 52.3 cm³/mol. The lowest BCUT2D eigenvalue weighted by molar-refractivity contribution is 0.395. The molecule has 13 heavy (non-hydrogen) atoms. The third-order valence-electron chi connectivity index (χ3n) is 2.37. The standard InChI is InChI=1S/C10H14N2O/c1-7-6-9(13-2)12-8-4-3-5-11-10(7)8/h6,11H,3-5H2,1-2H3. The fourth-order valence-electron chi connectivity index (χ4n) is 1.70.